The third-order valence-corrected chi connectivity index (χ3v) is 2.69. The summed E-state index contributed by atoms with van der Waals surface area (Å²) in [4.78, 5) is 22.5. The first kappa shape index (κ1) is 14.2. The molecule has 0 radical (unpaired) electrons. The van der Waals surface area contributed by atoms with Crippen LogP contribution in [0.15, 0.2) is 0 Å². The highest BCUT2D eigenvalue weighted by Crippen LogP contribution is 2.12. The maximum Gasteiger partial charge on any atom is 0.305 e. The van der Waals surface area contributed by atoms with Gasteiger partial charge in [0.15, 0.2) is 0 Å². The number of carbonyl (C=O) groups is 2. The highest BCUT2D eigenvalue weighted by atomic mass is 16.4. The van der Waals surface area contributed by atoms with E-state index in [9.17, 15) is 9.59 Å². The van der Waals surface area contributed by atoms with Gasteiger partial charge in [0.05, 0.1) is 18.5 Å². The van der Waals surface area contributed by atoms with Crippen LogP contribution < -0.4 is 5.32 Å². The first-order valence-corrected chi connectivity index (χ1v) is 5.74. The zero-order chi connectivity index (χ0) is 13.9. The van der Waals surface area contributed by atoms with Crippen LogP contribution in [0.4, 0.5) is 0 Å². The predicted molar refractivity (Wildman–Crippen MR) is 66.2 cm³/mol. The molecule has 0 aliphatic carbocycles. The number of amides is 1. The molecule has 100 valence electrons. The van der Waals surface area contributed by atoms with Crippen LogP contribution in [0.1, 0.15) is 37.2 Å². The number of hydrogen-bond acceptors (Lipinski definition) is 3. The smallest absolute Gasteiger partial charge is 0.305 e. The number of aromatic amines is 1. The maximum absolute atomic E-state index is 11.9. The Kier molecular flexibility index (Phi) is 4.11. The molecule has 3 N–H and O–H groups in total. The number of aryl methyl sites for hydroxylation is 2. The molecule has 1 aromatic heterocycles. The van der Waals surface area contributed by atoms with E-state index in [4.69, 9.17) is 5.11 Å². The number of H-pyrrole nitrogens is 1. The lowest BCUT2D eigenvalue weighted by molar-refractivity contribution is -0.138. The second kappa shape index (κ2) is 5.20. The lowest BCUT2D eigenvalue weighted by Gasteiger charge is -2.24. The van der Waals surface area contributed by atoms with E-state index in [1.165, 1.54) is 0 Å². The summed E-state index contributed by atoms with van der Waals surface area (Å²) < 4.78 is 0. The van der Waals surface area contributed by atoms with Crippen LogP contribution in [-0.2, 0) is 16.0 Å². The van der Waals surface area contributed by atoms with Gasteiger partial charge in [0.25, 0.3) is 0 Å². The van der Waals surface area contributed by atoms with Crippen molar-refractivity contribution in [2.45, 2.75) is 46.1 Å². The summed E-state index contributed by atoms with van der Waals surface area (Å²) in [6.45, 7) is 7.06. The average molecular weight is 253 g/mol. The van der Waals surface area contributed by atoms with Crippen molar-refractivity contribution in [1.29, 1.82) is 0 Å². The summed E-state index contributed by atoms with van der Waals surface area (Å²) in [5.41, 5.74) is 1.75. The molecule has 0 atom stereocenters. The first-order chi connectivity index (χ1) is 8.21. The second-order valence-corrected chi connectivity index (χ2v) is 5.09. The van der Waals surface area contributed by atoms with Gasteiger partial charge in [-0.1, -0.05) is 0 Å². The van der Waals surface area contributed by atoms with Crippen LogP contribution in [0, 0.1) is 13.8 Å². The van der Waals surface area contributed by atoms with Crippen molar-refractivity contribution in [3.63, 3.8) is 0 Å². The molecule has 0 aliphatic rings. The van der Waals surface area contributed by atoms with Gasteiger partial charge in [0.1, 0.15) is 0 Å². The van der Waals surface area contributed by atoms with Crippen LogP contribution >= 0.6 is 0 Å². The molecule has 6 heteroatoms. The first-order valence-electron chi connectivity index (χ1n) is 5.74. The molecule has 18 heavy (non-hydrogen) atoms. The van der Waals surface area contributed by atoms with Crippen molar-refractivity contribution in [3.8, 4) is 0 Å². The fourth-order valence-corrected chi connectivity index (χ4v) is 1.84. The molecule has 0 unspecified atom stereocenters. The Labute approximate surface area is 106 Å². The molecule has 0 aliphatic heterocycles. The van der Waals surface area contributed by atoms with Crippen LogP contribution in [-0.4, -0.2) is 32.7 Å². The minimum absolute atomic E-state index is 0.109. The third-order valence-electron chi connectivity index (χ3n) is 2.69. The number of carbonyl (C=O) groups excluding carboxylic acids is 1. The second-order valence-electron chi connectivity index (χ2n) is 5.09. The van der Waals surface area contributed by atoms with Crippen molar-refractivity contribution >= 4 is 11.9 Å². The Bertz CT molecular complexity index is 444. The van der Waals surface area contributed by atoms with Gasteiger partial charge in [-0.2, -0.15) is 5.10 Å². The normalized spacial score (nSPS) is 11.3. The number of rotatable bonds is 5. The van der Waals surface area contributed by atoms with Crippen molar-refractivity contribution in [3.05, 3.63) is 17.0 Å². The van der Waals surface area contributed by atoms with Crippen LogP contribution in [0.3, 0.4) is 0 Å². The molecule has 0 aromatic carbocycles. The molecule has 0 spiro atoms. The molecule has 1 amide bonds. The van der Waals surface area contributed by atoms with E-state index in [0.29, 0.717) is 0 Å². The Morgan fingerprint density at radius 3 is 2.44 bits per heavy atom. The molecule has 0 bridgehead atoms. The molecule has 1 heterocycles. The zero-order valence-electron chi connectivity index (χ0n) is 11.1. The molecule has 1 rings (SSSR count). The van der Waals surface area contributed by atoms with E-state index in [1.807, 2.05) is 13.8 Å². The Hall–Kier alpha value is -1.85. The van der Waals surface area contributed by atoms with Crippen LogP contribution in [0.5, 0.6) is 0 Å². The molecule has 0 saturated heterocycles. The van der Waals surface area contributed by atoms with Gasteiger partial charge in [-0.25, -0.2) is 0 Å². The number of carboxylic acid groups (broad SMARTS) is 1. The van der Waals surface area contributed by atoms with Gasteiger partial charge in [0.2, 0.25) is 5.91 Å². The monoisotopic (exact) mass is 253 g/mol. The number of aliphatic carboxylic acids is 1. The predicted octanol–water partition coefficient (Wildman–Crippen LogP) is 0.939. The van der Waals surface area contributed by atoms with Gasteiger partial charge >= 0.3 is 5.97 Å². The molecular weight excluding hydrogens is 234 g/mol. The summed E-state index contributed by atoms with van der Waals surface area (Å²) >= 11 is 0. The van der Waals surface area contributed by atoms with Crippen LogP contribution in [0.2, 0.25) is 0 Å². The molecule has 1 aromatic rings. The molecule has 6 nitrogen and oxygen atoms in total. The standard InChI is InChI=1S/C12H19N3O3/c1-7-9(8(2)15-14-7)5-10(16)13-12(3,4)6-11(17)18/h5-6H2,1-4H3,(H,13,16)(H,14,15)(H,17,18). The quantitative estimate of drug-likeness (QED) is 0.727. The topological polar surface area (TPSA) is 95.1 Å². The number of aromatic nitrogens is 2. The van der Waals surface area contributed by atoms with E-state index in [-0.39, 0.29) is 18.7 Å². The maximum atomic E-state index is 11.9. The van der Waals surface area contributed by atoms with E-state index < -0.39 is 11.5 Å². The Morgan fingerprint density at radius 1 is 1.39 bits per heavy atom. The van der Waals surface area contributed by atoms with Gasteiger partial charge in [-0.15, -0.1) is 0 Å². The highest BCUT2D eigenvalue weighted by Gasteiger charge is 2.24. The van der Waals surface area contributed by atoms with Gasteiger partial charge in [-0.05, 0) is 27.7 Å². The Morgan fingerprint density at radius 2 is 2.00 bits per heavy atom. The summed E-state index contributed by atoms with van der Waals surface area (Å²) in [7, 11) is 0. The molecular formula is C12H19N3O3. The van der Waals surface area contributed by atoms with E-state index in [2.05, 4.69) is 15.5 Å². The highest BCUT2D eigenvalue weighted by molar-refractivity contribution is 5.80. The average Bonchev–Trinajstić information content (AvgIpc) is 2.46. The fourth-order valence-electron chi connectivity index (χ4n) is 1.84. The summed E-state index contributed by atoms with van der Waals surface area (Å²) in [6, 6.07) is 0. The number of carboxylic acids is 1. The zero-order valence-corrected chi connectivity index (χ0v) is 11.1. The SMILES string of the molecule is Cc1n[nH]c(C)c1CC(=O)NC(C)(C)CC(=O)O. The molecule has 0 fully saturated rings. The minimum atomic E-state index is -0.934. The van der Waals surface area contributed by atoms with Crippen molar-refractivity contribution in [1.82, 2.24) is 15.5 Å². The summed E-state index contributed by atoms with van der Waals surface area (Å²) in [5, 5.41) is 18.3. The third kappa shape index (κ3) is 3.87. The van der Waals surface area contributed by atoms with E-state index in [0.717, 1.165) is 17.0 Å². The summed E-state index contributed by atoms with van der Waals surface area (Å²) in [6.07, 6.45) is 0.0965. The largest absolute Gasteiger partial charge is 0.481 e. The van der Waals surface area contributed by atoms with Crippen molar-refractivity contribution in [2.24, 2.45) is 0 Å². The van der Waals surface area contributed by atoms with E-state index >= 15 is 0 Å². The van der Waals surface area contributed by atoms with Gasteiger partial charge in [0, 0.05) is 16.8 Å². The van der Waals surface area contributed by atoms with Crippen LogP contribution in [0.25, 0.3) is 0 Å². The number of nitrogens with one attached hydrogen (secondary N) is 2. The Balaban J connectivity index is 2.65. The summed E-state index contributed by atoms with van der Waals surface area (Å²) in [5.74, 6) is -1.13. The van der Waals surface area contributed by atoms with Crippen molar-refractivity contribution in [2.75, 3.05) is 0 Å². The van der Waals surface area contributed by atoms with Crippen molar-refractivity contribution < 1.29 is 14.7 Å². The minimum Gasteiger partial charge on any atom is -0.481 e. The fraction of sp³-hybridized carbons (Fsp3) is 0.583. The molecule has 0 saturated carbocycles. The van der Waals surface area contributed by atoms with Gasteiger partial charge in [-0.3, -0.25) is 14.7 Å². The van der Waals surface area contributed by atoms with E-state index in [1.54, 1.807) is 13.8 Å². The lowest BCUT2D eigenvalue weighted by atomic mass is 10.00. The number of nitrogens with zero attached hydrogens (tertiary/aromatic N) is 1. The lowest BCUT2D eigenvalue weighted by Crippen LogP contribution is -2.45. The number of hydrogen-bond donors (Lipinski definition) is 3. The van der Waals surface area contributed by atoms with Gasteiger partial charge < -0.3 is 10.4 Å².